The average Bonchev–Trinajstić information content (AvgIpc) is 3.79. The summed E-state index contributed by atoms with van der Waals surface area (Å²) in [6.45, 7) is 6.47. The van der Waals surface area contributed by atoms with E-state index in [0.717, 1.165) is 66.7 Å². The molecule has 4 nitrogen and oxygen atoms in total. The van der Waals surface area contributed by atoms with Crippen LogP contribution in [0, 0.1) is 0 Å². The van der Waals surface area contributed by atoms with Gasteiger partial charge in [0, 0.05) is 44.2 Å². The Hall–Kier alpha value is -7.56. The van der Waals surface area contributed by atoms with E-state index in [1.165, 1.54) is 21.8 Å². The second kappa shape index (κ2) is 14.3. The number of aliphatic imine (C=N–C) groups is 2. The van der Waals surface area contributed by atoms with E-state index in [9.17, 15) is 0 Å². The minimum atomic E-state index is 0.614. The molecule has 0 aliphatic heterocycles. The molecule has 0 bridgehead atoms. The fourth-order valence-electron chi connectivity index (χ4n) is 8.17. The van der Waals surface area contributed by atoms with Crippen LogP contribution in [0.2, 0.25) is 0 Å². The van der Waals surface area contributed by atoms with Gasteiger partial charge in [0.2, 0.25) is 0 Å². The van der Waals surface area contributed by atoms with Gasteiger partial charge in [-0.3, -0.25) is 0 Å². The molecule has 57 heavy (non-hydrogen) atoms. The Labute approximate surface area is 331 Å². The van der Waals surface area contributed by atoms with Crippen molar-refractivity contribution in [3.05, 3.63) is 223 Å². The van der Waals surface area contributed by atoms with Gasteiger partial charge in [0.25, 0.3) is 0 Å². The van der Waals surface area contributed by atoms with E-state index < -0.39 is 0 Å². The molecule has 0 amide bonds. The highest BCUT2D eigenvalue weighted by Crippen LogP contribution is 2.39. The summed E-state index contributed by atoms with van der Waals surface area (Å²) < 4.78 is 4.71. The number of rotatable bonds is 7. The van der Waals surface area contributed by atoms with Crippen LogP contribution in [0.5, 0.6) is 0 Å². The van der Waals surface area contributed by atoms with E-state index >= 15 is 0 Å². The molecule has 0 radical (unpaired) electrons. The summed E-state index contributed by atoms with van der Waals surface area (Å²) in [6, 6.07) is 70.5. The van der Waals surface area contributed by atoms with E-state index in [4.69, 9.17) is 9.98 Å². The van der Waals surface area contributed by atoms with Crippen molar-refractivity contribution in [2.24, 2.45) is 9.98 Å². The van der Waals surface area contributed by atoms with Crippen molar-refractivity contribution < 1.29 is 0 Å². The highest BCUT2D eigenvalue weighted by molar-refractivity contribution is 6.24. The Balaban J connectivity index is 1.22. The monoisotopic (exact) mass is 730 g/mol. The second-order valence-electron chi connectivity index (χ2n) is 14.3. The second-order valence-corrected chi connectivity index (χ2v) is 14.3. The SMILES string of the molecule is C=C(N=C(N=C(C)c1ccccc1)c1cccc2c1c1cc(-c3ccc4c(c3)c3ccccc3n4-c3ccccc3)ccc1n2-c1ccccc1)c1ccccc1. The van der Waals surface area contributed by atoms with Crippen LogP contribution in [0.4, 0.5) is 0 Å². The van der Waals surface area contributed by atoms with Crippen molar-refractivity contribution in [3.63, 3.8) is 0 Å². The molecule has 270 valence electrons. The van der Waals surface area contributed by atoms with Gasteiger partial charge in [-0.05, 0) is 89.8 Å². The van der Waals surface area contributed by atoms with Crippen molar-refractivity contribution in [1.29, 1.82) is 0 Å². The Morgan fingerprint density at radius 2 is 0.912 bits per heavy atom. The molecule has 8 aromatic carbocycles. The standard InChI is InChI=1S/C53H38N4/c1-36(38-18-7-3-8-19-38)54-53(55-37(2)39-20-9-4-10-21-39)45-27-17-29-51-52(45)47-35-41(31-33-50(47)57(51)43-24-13-6-14-25-43)40-30-32-49-46(34-40)44-26-15-16-28-48(44)56(49)42-22-11-5-12-23-42/h3-35H,1H2,2H3. The number of benzene rings is 8. The average molecular weight is 731 g/mol. The van der Waals surface area contributed by atoms with Gasteiger partial charge in [-0.25, -0.2) is 9.98 Å². The van der Waals surface area contributed by atoms with Gasteiger partial charge in [-0.1, -0.05) is 146 Å². The van der Waals surface area contributed by atoms with Crippen LogP contribution in [0.1, 0.15) is 23.6 Å². The van der Waals surface area contributed by atoms with Crippen LogP contribution in [0.15, 0.2) is 217 Å². The van der Waals surface area contributed by atoms with Crippen LogP contribution in [0.25, 0.3) is 71.8 Å². The Kier molecular flexibility index (Phi) is 8.50. The topological polar surface area (TPSA) is 34.6 Å². The third kappa shape index (κ3) is 6.05. The van der Waals surface area contributed by atoms with Crippen LogP contribution in [0.3, 0.4) is 0 Å². The first-order valence-electron chi connectivity index (χ1n) is 19.3. The molecule has 0 fully saturated rings. The Morgan fingerprint density at radius 1 is 0.421 bits per heavy atom. The molecular weight excluding hydrogens is 693 g/mol. The van der Waals surface area contributed by atoms with E-state index in [0.29, 0.717) is 11.5 Å². The molecule has 2 heterocycles. The zero-order valence-corrected chi connectivity index (χ0v) is 31.5. The number of aromatic nitrogens is 2. The third-order valence-corrected chi connectivity index (χ3v) is 10.9. The van der Waals surface area contributed by atoms with Crippen molar-refractivity contribution in [2.75, 3.05) is 0 Å². The Morgan fingerprint density at radius 3 is 1.56 bits per heavy atom. The summed E-state index contributed by atoms with van der Waals surface area (Å²) in [5.41, 5.74) is 13.6. The van der Waals surface area contributed by atoms with Crippen LogP contribution < -0.4 is 0 Å². The lowest BCUT2D eigenvalue weighted by Crippen LogP contribution is -2.05. The minimum Gasteiger partial charge on any atom is -0.309 e. The lowest BCUT2D eigenvalue weighted by Gasteiger charge is -2.10. The van der Waals surface area contributed by atoms with Crippen LogP contribution in [-0.4, -0.2) is 20.7 Å². The van der Waals surface area contributed by atoms with Gasteiger partial charge in [-0.2, -0.15) is 0 Å². The first kappa shape index (κ1) is 34.0. The first-order chi connectivity index (χ1) is 28.1. The van der Waals surface area contributed by atoms with Crippen LogP contribution in [-0.2, 0) is 0 Å². The molecule has 0 atom stereocenters. The summed E-state index contributed by atoms with van der Waals surface area (Å²) >= 11 is 0. The van der Waals surface area contributed by atoms with Crippen molar-refractivity contribution >= 4 is 60.9 Å². The van der Waals surface area contributed by atoms with E-state index in [1.54, 1.807) is 0 Å². The van der Waals surface area contributed by atoms with Crippen molar-refractivity contribution in [3.8, 4) is 22.5 Å². The molecule has 10 rings (SSSR count). The molecule has 0 spiro atoms. The minimum absolute atomic E-state index is 0.614. The molecule has 10 aromatic rings. The maximum atomic E-state index is 5.29. The molecule has 0 aliphatic carbocycles. The quantitative estimate of drug-likeness (QED) is 0.116. The van der Waals surface area contributed by atoms with Crippen molar-refractivity contribution in [1.82, 2.24) is 9.13 Å². The third-order valence-electron chi connectivity index (χ3n) is 10.9. The van der Waals surface area contributed by atoms with Crippen molar-refractivity contribution in [2.45, 2.75) is 6.92 Å². The highest BCUT2D eigenvalue weighted by Gasteiger charge is 2.20. The largest absolute Gasteiger partial charge is 0.309 e. The summed E-state index contributed by atoms with van der Waals surface area (Å²) in [7, 11) is 0. The van der Waals surface area contributed by atoms with E-state index in [-0.39, 0.29) is 0 Å². The van der Waals surface area contributed by atoms with Gasteiger partial charge in [0.05, 0.1) is 27.8 Å². The lowest BCUT2D eigenvalue weighted by atomic mass is 9.99. The van der Waals surface area contributed by atoms with Crippen LogP contribution >= 0.6 is 0 Å². The fraction of sp³-hybridized carbons (Fsp3) is 0.0189. The highest BCUT2D eigenvalue weighted by atomic mass is 15.0. The van der Waals surface area contributed by atoms with Gasteiger partial charge < -0.3 is 9.13 Å². The number of fused-ring (bicyclic) bond motifs is 6. The van der Waals surface area contributed by atoms with E-state index in [2.05, 4.69) is 167 Å². The van der Waals surface area contributed by atoms with Gasteiger partial charge in [0.1, 0.15) is 0 Å². The van der Waals surface area contributed by atoms with E-state index in [1.807, 2.05) is 55.5 Å². The number of para-hydroxylation sites is 3. The van der Waals surface area contributed by atoms with Gasteiger partial charge >= 0.3 is 0 Å². The number of nitrogens with zero attached hydrogens (tertiary/aromatic N) is 4. The molecule has 4 heteroatoms. The number of hydrogen-bond acceptors (Lipinski definition) is 1. The van der Waals surface area contributed by atoms with Gasteiger partial charge in [-0.15, -0.1) is 0 Å². The number of hydrogen-bond donors (Lipinski definition) is 0. The molecule has 0 unspecified atom stereocenters. The first-order valence-corrected chi connectivity index (χ1v) is 19.3. The Bertz CT molecular complexity index is 3170. The molecular formula is C53H38N4. The maximum absolute atomic E-state index is 5.29. The summed E-state index contributed by atoms with van der Waals surface area (Å²) in [4.78, 5) is 10.5. The molecule has 0 saturated heterocycles. The summed E-state index contributed by atoms with van der Waals surface area (Å²) in [5.74, 6) is 0.614. The number of amidine groups is 1. The molecule has 0 aliphatic rings. The molecule has 2 aromatic heterocycles. The zero-order valence-electron chi connectivity index (χ0n) is 31.5. The normalized spacial score (nSPS) is 12.2. The van der Waals surface area contributed by atoms with Gasteiger partial charge in [0.15, 0.2) is 5.84 Å². The smallest absolute Gasteiger partial charge is 0.160 e. The summed E-state index contributed by atoms with van der Waals surface area (Å²) in [6.07, 6.45) is 0. The fourth-order valence-corrected chi connectivity index (χ4v) is 8.17. The predicted octanol–water partition coefficient (Wildman–Crippen LogP) is 13.5. The maximum Gasteiger partial charge on any atom is 0.160 e. The predicted molar refractivity (Wildman–Crippen MR) is 241 cm³/mol. The lowest BCUT2D eigenvalue weighted by molar-refractivity contribution is 1.18. The zero-order chi connectivity index (χ0) is 38.3. The molecule has 0 saturated carbocycles. The summed E-state index contributed by atoms with van der Waals surface area (Å²) in [5, 5.41) is 4.66. The molecule has 0 N–H and O–H groups in total.